The fourth-order valence-electron chi connectivity index (χ4n) is 1.77. The fourth-order valence-corrected chi connectivity index (χ4v) is 2.75. The Labute approximate surface area is 97.7 Å². The van der Waals surface area contributed by atoms with Gasteiger partial charge in [-0.25, -0.2) is 0 Å². The Morgan fingerprint density at radius 3 is 2.38 bits per heavy atom. The van der Waals surface area contributed by atoms with Crippen LogP contribution in [0.5, 0.6) is 0 Å². The Bertz CT molecular complexity index is 343. The third-order valence-electron chi connectivity index (χ3n) is 2.34. The molecule has 1 heterocycles. The smallest absolute Gasteiger partial charge is 0.310 e. The molecule has 0 spiro atoms. The van der Waals surface area contributed by atoms with Gasteiger partial charge in [0.25, 0.3) is 0 Å². The lowest BCUT2D eigenvalue weighted by Gasteiger charge is -2.19. The van der Waals surface area contributed by atoms with Crippen LogP contribution in [0.25, 0.3) is 0 Å². The lowest BCUT2D eigenvalue weighted by Crippen LogP contribution is -2.26. The molecule has 0 amide bonds. The molecule has 0 bridgehead atoms. The number of thiophene rings is 1. The Morgan fingerprint density at radius 2 is 2.00 bits per heavy atom. The van der Waals surface area contributed by atoms with E-state index >= 15 is 0 Å². The summed E-state index contributed by atoms with van der Waals surface area (Å²) in [5.41, 5.74) is 0.779. The predicted molar refractivity (Wildman–Crippen MR) is 60.9 cm³/mol. The molecule has 1 nitrogen and oxygen atoms in total. The summed E-state index contributed by atoms with van der Waals surface area (Å²) in [6.45, 7) is 6.14. The third kappa shape index (κ3) is 3.79. The number of alkyl halides is 3. The van der Waals surface area contributed by atoms with Crippen LogP contribution in [0.3, 0.4) is 0 Å². The van der Waals surface area contributed by atoms with Gasteiger partial charge in [0.05, 0.1) is 6.42 Å². The second kappa shape index (κ2) is 5.19. The minimum absolute atomic E-state index is 0.537. The first kappa shape index (κ1) is 13.5. The molecule has 1 atom stereocenters. The summed E-state index contributed by atoms with van der Waals surface area (Å²) in [7, 11) is 0. The van der Waals surface area contributed by atoms with Crippen LogP contribution in [0.1, 0.15) is 34.7 Å². The van der Waals surface area contributed by atoms with Gasteiger partial charge in [0.2, 0.25) is 0 Å². The molecule has 5 heteroatoms. The summed E-state index contributed by atoms with van der Waals surface area (Å²) in [5.74, 6) is 0. The van der Waals surface area contributed by atoms with Crippen molar-refractivity contribution in [1.82, 2.24) is 5.32 Å². The predicted octanol–water partition coefficient (Wildman–Crippen LogP) is 3.97. The number of aryl methyl sites for hydroxylation is 2. The molecule has 1 rings (SSSR count). The summed E-state index contributed by atoms with van der Waals surface area (Å²) < 4.78 is 37.2. The van der Waals surface area contributed by atoms with E-state index < -0.39 is 18.6 Å². The standard InChI is InChI=1S/C11H16F3NS/c1-4-15-10(6-11(12,13)14)9-5-7(2)16-8(9)3/h5,10,15H,4,6H2,1-3H3. The molecule has 1 unspecified atom stereocenters. The van der Waals surface area contributed by atoms with Gasteiger partial charge in [-0.3, -0.25) is 0 Å². The topological polar surface area (TPSA) is 12.0 Å². The molecule has 0 saturated carbocycles. The van der Waals surface area contributed by atoms with E-state index in [9.17, 15) is 13.2 Å². The fraction of sp³-hybridized carbons (Fsp3) is 0.636. The number of hydrogen-bond acceptors (Lipinski definition) is 2. The molecule has 0 aliphatic heterocycles. The molecule has 1 aromatic heterocycles. The average molecular weight is 251 g/mol. The first-order valence-corrected chi connectivity index (χ1v) is 6.02. The highest BCUT2D eigenvalue weighted by Gasteiger charge is 2.33. The summed E-state index contributed by atoms with van der Waals surface area (Å²) in [5, 5.41) is 2.90. The molecule has 0 aromatic carbocycles. The zero-order valence-corrected chi connectivity index (χ0v) is 10.4. The van der Waals surface area contributed by atoms with Crippen molar-refractivity contribution < 1.29 is 13.2 Å². The number of halogens is 3. The van der Waals surface area contributed by atoms with Crippen molar-refractivity contribution in [1.29, 1.82) is 0 Å². The average Bonchev–Trinajstić information content (AvgIpc) is 2.42. The van der Waals surface area contributed by atoms with Crippen LogP contribution in [0, 0.1) is 13.8 Å². The lowest BCUT2D eigenvalue weighted by molar-refractivity contribution is -0.140. The number of rotatable bonds is 4. The van der Waals surface area contributed by atoms with E-state index in [2.05, 4.69) is 5.32 Å². The quantitative estimate of drug-likeness (QED) is 0.853. The zero-order chi connectivity index (χ0) is 12.3. The molecule has 0 saturated heterocycles. The minimum atomic E-state index is -4.13. The van der Waals surface area contributed by atoms with E-state index in [0.717, 1.165) is 15.3 Å². The van der Waals surface area contributed by atoms with E-state index in [1.165, 1.54) is 0 Å². The molecular formula is C11H16F3NS. The Kier molecular flexibility index (Phi) is 4.38. The highest BCUT2D eigenvalue weighted by Crippen LogP contribution is 2.34. The minimum Gasteiger partial charge on any atom is -0.310 e. The molecule has 92 valence electrons. The van der Waals surface area contributed by atoms with Gasteiger partial charge in [-0.1, -0.05) is 6.92 Å². The van der Waals surface area contributed by atoms with Gasteiger partial charge in [0.1, 0.15) is 0 Å². The molecule has 0 fully saturated rings. The van der Waals surface area contributed by atoms with E-state index in [0.29, 0.717) is 6.54 Å². The van der Waals surface area contributed by atoms with Crippen LogP contribution in [-0.2, 0) is 0 Å². The first-order chi connectivity index (χ1) is 7.33. The molecule has 1 aromatic rings. The summed E-state index contributed by atoms with van der Waals surface area (Å²) in [4.78, 5) is 2.02. The van der Waals surface area contributed by atoms with E-state index in [1.54, 1.807) is 11.3 Å². The molecule has 16 heavy (non-hydrogen) atoms. The molecular weight excluding hydrogens is 235 g/mol. The van der Waals surface area contributed by atoms with Crippen molar-refractivity contribution in [3.05, 3.63) is 21.4 Å². The first-order valence-electron chi connectivity index (χ1n) is 5.20. The number of nitrogens with one attached hydrogen (secondary N) is 1. The molecule has 1 N–H and O–H groups in total. The third-order valence-corrected chi connectivity index (χ3v) is 3.32. The normalized spacial score (nSPS) is 14.1. The van der Waals surface area contributed by atoms with Gasteiger partial charge >= 0.3 is 6.18 Å². The van der Waals surface area contributed by atoms with Crippen molar-refractivity contribution >= 4 is 11.3 Å². The van der Waals surface area contributed by atoms with Crippen LogP contribution >= 0.6 is 11.3 Å². The Hall–Kier alpha value is -0.550. The highest BCUT2D eigenvalue weighted by molar-refractivity contribution is 7.12. The largest absolute Gasteiger partial charge is 0.390 e. The summed E-state index contributed by atoms with van der Waals surface area (Å²) in [6.07, 6.45) is -4.94. The van der Waals surface area contributed by atoms with Crippen LogP contribution in [0.15, 0.2) is 6.07 Å². The van der Waals surface area contributed by atoms with Crippen molar-refractivity contribution in [2.75, 3.05) is 6.54 Å². The highest BCUT2D eigenvalue weighted by atomic mass is 32.1. The van der Waals surface area contributed by atoms with Crippen molar-refractivity contribution in [3.8, 4) is 0 Å². The summed E-state index contributed by atoms with van der Waals surface area (Å²) >= 11 is 1.54. The van der Waals surface area contributed by atoms with E-state index in [-0.39, 0.29) is 0 Å². The second-order valence-corrected chi connectivity index (χ2v) is 5.26. The van der Waals surface area contributed by atoms with Crippen molar-refractivity contribution in [3.63, 3.8) is 0 Å². The SMILES string of the molecule is CCNC(CC(F)(F)F)c1cc(C)sc1C. The molecule has 0 aliphatic carbocycles. The Morgan fingerprint density at radius 1 is 1.38 bits per heavy atom. The van der Waals surface area contributed by atoms with Crippen LogP contribution in [0.2, 0.25) is 0 Å². The monoisotopic (exact) mass is 251 g/mol. The molecule has 0 aliphatic rings. The maximum Gasteiger partial charge on any atom is 0.390 e. The maximum atomic E-state index is 12.4. The zero-order valence-electron chi connectivity index (χ0n) is 9.61. The van der Waals surface area contributed by atoms with Crippen molar-refractivity contribution in [2.45, 2.75) is 39.4 Å². The lowest BCUT2D eigenvalue weighted by atomic mass is 10.0. The summed E-state index contributed by atoms with van der Waals surface area (Å²) in [6, 6.07) is 1.23. The van der Waals surface area contributed by atoms with Crippen LogP contribution in [0.4, 0.5) is 13.2 Å². The second-order valence-electron chi connectivity index (χ2n) is 3.80. The van der Waals surface area contributed by atoms with Crippen LogP contribution < -0.4 is 5.32 Å². The van der Waals surface area contributed by atoms with Gasteiger partial charge < -0.3 is 5.32 Å². The van der Waals surface area contributed by atoms with Gasteiger partial charge in [-0.2, -0.15) is 13.2 Å². The van der Waals surface area contributed by atoms with Gasteiger partial charge in [0, 0.05) is 15.8 Å². The Balaban J connectivity index is 2.89. The number of hydrogen-bond donors (Lipinski definition) is 1. The van der Waals surface area contributed by atoms with E-state index in [4.69, 9.17) is 0 Å². The van der Waals surface area contributed by atoms with Gasteiger partial charge in [-0.15, -0.1) is 11.3 Å². The van der Waals surface area contributed by atoms with Crippen molar-refractivity contribution in [2.24, 2.45) is 0 Å². The van der Waals surface area contributed by atoms with Gasteiger partial charge in [0.15, 0.2) is 0 Å². The van der Waals surface area contributed by atoms with Crippen LogP contribution in [-0.4, -0.2) is 12.7 Å². The maximum absolute atomic E-state index is 12.4. The molecule has 0 radical (unpaired) electrons. The van der Waals surface area contributed by atoms with Gasteiger partial charge in [-0.05, 0) is 32.0 Å². The van der Waals surface area contributed by atoms with E-state index in [1.807, 2.05) is 26.8 Å².